The van der Waals surface area contributed by atoms with Crippen LogP contribution in [0.5, 0.6) is 0 Å². The number of nitrogens with one attached hydrogen (secondary N) is 1. The quantitative estimate of drug-likeness (QED) is 0.587. The number of rotatable bonds is 1. The summed E-state index contributed by atoms with van der Waals surface area (Å²) in [6.07, 6.45) is -3.79. The van der Waals surface area contributed by atoms with Crippen LogP contribution in [0.3, 0.4) is 0 Å². The molecule has 0 aromatic rings. The van der Waals surface area contributed by atoms with Gasteiger partial charge in [0, 0.05) is 5.70 Å². The van der Waals surface area contributed by atoms with Crippen LogP contribution in [-0.4, -0.2) is 28.2 Å². The molecule has 1 N–H and O–H groups in total. The minimum atomic E-state index is -4.65. The fourth-order valence-electron chi connectivity index (χ4n) is 2.57. The Morgan fingerprint density at radius 3 is 2.26 bits per heavy atom. The summed E-state index contributed by atoms with van der Waals surface area (Å²) in [7, 11) is 1.38. The fourth-order valence-corrected chi connectivity index (χ4v) is 2.57. The van der Waals surface area contributed by atoms with Gasteiger partial charge >= 0.3 is 12.0 Å². The molecule has 10 heteroatoms. The molecule has 0 saturated carbocycles. The monoisotopic (exact) mass is 331 g/mol. The summed E-state index contributed by atoms with van der Waals surface area (Å²) in [5, 5.41) is 24.6. The van der Waals surface area contributed by atoms with Gasteiger partial charge < -0.3 is 20.4 Å². The first-order valence-corrected chi connectivity index (χ1v) is 6.51. The Morgan fingerprint density at radius 2 is 1.83 bits per heavy atom. The van der Waals surface area contributed by atoms with Gasteiger partial charge in [0.2, 0.25) is 0 Å². The Balaban J connectivity index is 2.63. The van der Waals surface area contributed by atoms with Crippen LogP contribution in [0.1, 0.15) is 20.8 Å². The minimum Gasteiger partial charge on any atom is -0.754 e. The highest BCUT2D eigenvalue weighted by Crippen LogP contribution is 2.40. The Hall–Kier alpha value is -2.49. The molecule has 0 aromatic carbocycles. The number of hydroxylamine groups is 2. The number of hydrogen-bond acceptors (Lipinski definition) is 6. The second-order valence-electron chi connectivity index (χ2n) is 5.22. The highest BCUT2D eigenvalue weighted by atomic mass is 19.4. The third-order valence-corrected chi connectivity index (χ3v) is 3.65. The molecule has 2 aliphatic heterocycles. The zero-order valence-electron chi connectivity index (χ0n) is 12.8. The summed E-state index contributed by atoms with van der Waals surface area (Å²) < 4.78 is 38.8. The summed E-state index contributed by atoms with van der Waals surface area (Å²) in [5.74, 6) is -0.267. The number of halogens is 3. The zero-order chi connectivity index (χ0) is 17.7. The van der Waals surface area contributed by atoms with E-state index in [2.05, 4.69) is 5.43 Å². The molecule has 0 unspecified atom stereocenters. The molecule has 7 nitrogen and oxygen atoms in total. The second-order valence-corrected chi connectivity index (χ2v) is 5.22. The van der Waals surface area contributed by atoms with E-state index in [1.165, 1.54) is 20.9 Å². The highest BCUT2D eigenvalue weighted by Gasteiger charge is 2.39. The molecule has 2 aliphatic rings. The van der Waals surface area contributed by atoms with Crippen molar-refractivity contribution in [2.24, 2.45) is 0 Å². The summed E-state index contributed by atoms with van der Waals surface area (Å²) in [4.78, 5) is 10.4. The molecule has 0 aromatic heterocycles. The molecular formula is C13H14F3N4O3-. The zero-order valence-corrected chi connectivity index (χ0v) is 12.8. The average molecular weight is 331 g/mol. The van der Waals surface area contributed by atoms with Crippen molar-refractivity contribution >= 4 is 0 Å². The van der Waals surface area contributed by atoms with Crippen molar-refractivity contribution in [1.29, 1.82) is 0 Å². The molecule has 126 valence electrons. The number of hydrogen-bond donors (Lipinski definition) is 1. The van der Waals surface area contributed by atoms with Crippen LogP contribution in [0.15, 0.2) is 45.7 Å². The van der Waals surface area contributed by atoms with Gasteiger partial charge in [-0.3, -0.25) is 0 Å². The van der Waals surface area contributed by atoms with Crippen molar-refractivity contribution in [3.05, 3.63) is 61.0 Å². The van der Waals surface area contributed by atoms with Gasteiger partial charge in [0.05, 0.1) is 16.8 Å². The number of allylic oxidation sites excluding steroid dienone is 5. The largest absolute Gasteiger partial charge is 0.754 e. The topological polar surface area (TPSA) is 84.7 Å². The van der Waals surface area contributed by atoms with Crippen LogP contribution in [0, 0.1) is 15.3 Å². The van der Waals surface area contributed by atoms with E-state index in [4.69, 9.17) is 0 Å². The molecule has 0 amide bonds. The van der Waals surface area contributed by atoms with Gasteiger partial charge in [-0.25, -0.2) is 5.43 Å². The third-order valence-electron chi connectivity index (χ3n) is 3.65. The minimum absolute atomic E-state index is 0.0674. The maximum Gasteiger partial charge on any atom is 0.418 e. The predicted octanol–water partition coefficient (Wildman–Crippen LogP) is 2.75. The molecule has 0 aliphatic carbocycles. The average Bonchev–Trinajstić information content (AvgIpc) is 2.68. The van der Waals surface area contributed by atoms with Crippen LogP contribution in [-0.2, 0) is 0 Å². The Bertz CT molecular complexity index is 704. The number of hydrazine groups is 1. The van der Waals surface area contributed by atoms with Crippen LogP contribution in [0.2, 0.25) is 0 Å². The summed E-state index contributed by atoms with van der Waals surface area (Å²) in [5.41, 5.74) is 1.38. The molecule has 0 spiro atoms. The molecule has 0 bridgehead atoms. The van der Waals surface area contributed by atoms with E-state index >= 15 is 0 Å². The van der Waals surface area contributed by atoms with Crippen LogP contribution in [0.4, 0.5) is 13.2 Å². The van der Waals surface area contributed by atoms with E-state index in [1.807, 2.05) is 0 Å². The van der Waals surface area contributed by atoms with E-state index in [-0.39, 0.29) is 33.4 Å². The number of nitro groups is 1. The summed E-state index contributed by atoms with van der Waals surface area (Å²) in [6, 6.07) is 0. The normalized spacial score (nSPS) is 22.7. The van der Waals surface area contributed by atoms with E-state index in [0.717, 1.165) is 18.0 Å². The molecule has 0 fully saturated rings. The fraction of sp³-hybridized carbons (Fsp3) is 0.385. The molecule has 0 atom stereocenters. The van der Waals surface area contributed by atoms with Crippen LogP contribution in [0.25, 0.3) is 0 Å². The van der Waals surface area contributed by atoms with Crippen LogP contribution >= 0.6 is 0 Å². The van der Waals surface area contributed by atoms with E-state index < -0.39 is 22.4 Å². The highest BCUT2D eigenvalue weighted by molar-refractivity contribution is 5.52. The predicted molar refractivity (Wildman–Crippen MR) is 75.3 cm³/mol. The van der Waals surface area contributed by atoms with Crippen molar-refractivity contribution < 1.29 is 18.1 Å². The molecule has 0 radical (unpaired) electrons. The van der Waals surface area contributed by atoms with Gasteiger partial charge in [-0.1, -0.05) is 0 Å². The SMILES string of the molecule is CC1=CC(C(F)(F)F)=C(C)N([O-])C1=C1NN(C)C([N+](=O)[O-])=C1C. The van der Waals surface area contributed by atoms with Crippen molar-refractivity contribution in [2.45, 2.75) is 26.9 Å². The Labute approximate surface area is 129 Å². The molecule has 23 heavy (non-hydrogen) atoms. The molecule has 2 heterocycles. The lowest BCUT2D eigenvalue weighted by atomic mass is 9.99. The Kier molecular flexibility index (Phi) is 3.89. The van der Waals surface area contributed by atoms with Gasteiger partial charge in [0.25, 0.3) is 0 Å². The number of alkyl halides is 3. The summed E-state index contributed by atoms with van der Waals surface area (Å²) in [6.45, 7) is 3.84. The van der Waals surface area contributed by atoms with E-state index in [0.29, 0.717) is 0 Å². The summed E-state index contributed by atoms with van der Waals surface area (Å²) >= 11 is 0. The van der Waals surface area contributed by atoms with E-state index in [9.17, 15) is 28.5 Å². The lowest BCUT2D eigenvalue weighted by Crippen LogP contribution is -2.32. The Morgan fingerprint density at radius 1 is 1.26 bits per heavy atom. The van der Waals surface area contributed by atoms with E-state index in [1.54, 1.807) is 0 Å². The molecule has 0 saturated heterocycles. The molecular weight excluding hydrogens is 317 g/mol. The second kappa shape index (κ2) is 5.30. The van der Waals surface area contributed by atoms with Crippen LogP contribution < -0.4 is 5.43 Å². The van der Waals surface area contributed by atoms with Gasteiger partial charge in [0.15, 0.2) is 0 Å². The van der Waals surface area contributed by atoms with Crippen molar-refractivity contribution in [3.63, 3.8) is 0 Å². The first-order valence-electron chi connectivity index (χ1n) is 6.51. The van der Waals surface area contributed by atoms with Gasteiger partial charge in [0.1, 0.15) is 12.7 Å². The lowest BCUT2D eigenvalue weighted by Gasteiger charge is -2.39. The lowest BCUT2D eigenvalue weighted by molar-refractivity contribution is -0.446. The maximum absolute atomic E-state index is 12.9. The van der Waals surface area contributed by atoms with Gasteiger partial charge in [-0.2, -0.15) is 18.2 Å². The molecule has 2 rings (SSSR count). The standard InChI is InChI=1S/C13H14F3N4O3/c1-6-5-9(13(14,15)16)8(3)19(21)11(6)10-7(2)12(20(22)23)18(4)17-10/h5,17H,1-4H3/q-1. The first-order chi connectivity index (χ1) is 10.5. The van der Waals surface area contributed by atoms with Gasteiger partial charge in [-0.05, 0) is 37.3 Å². The number of nitrogens with zero attached hydrogens (tertiary/aromatic N) is 3. The maximum atomic E-state index is 12.9. The van der Waals surface area contributed by atoms with Crippen molar-refractivity contribution in [3.8, 4) is 0 Å². The van der Waals surface area contributed by atoms with Crippen molar-refractivity contribution in [1.82, 2.24) is 15.5 Å². The third kappa shape index (κ3) is 2.65. The first kappa shape index (κ1) is 16.9. The smallest absolute Gasteiger partial charge is 0.418 e. The van der Waals surface area contributed by atoms with Crippen molar-refractivity contribution in [2.75, 3.05) is 7.05 Å². The van der Waals surface area contributed by atoms with Gasteiger partial charge in [-0.15, -0.1) is 0 Å².